The number of rotatable bonds is 8. The van der Waals surface area contributed by atoms with Gasteiger partial charge in [0.15, 0.2) is 11.6 Å². The van der Waals surface area contributed by atoms with Gasteiger partial charge in [0, 0.05) is 5.39 Å². The van der Waals surface area contributed by atoms with Gasteiger partial charge in [-0.05, 0) is 70.8 Å². The number of hydrogen-bond donors (Lipinski definition) is 0. The van der Waals surface area contributed by atoms with Crippen molar-refractivity contribution in [2.75, 3.05) is 6.61 Å². The maximum absolute atomic E-state index is 15.2. The molecular formula is C28H21F5O2. The van der Waals surface area contributed by atoms with E-state index in [9.17, 15) is 17.6 Å². The predicted octanol–water partition coefficient (Wildman–Crippen LogP) is 8.03. The van der Waals surface area contributed by atoms with E-state index in [1.54, 1.807) is 18.2 Å². The van der Waals surface area contributed by atoms with Crippen molar-refractivity contribution in [2.45, 2.75) is 19.2 Å². The molecule has 0 spiro atoms. The van der Waals surface area contributed by atoms with E-state index in [4.69, 9.17) is 4.74 Å². The van der Waals surface area contributed by atoms with E-state index >= 15 is 4.39 Å². The summed E-state index contributed by atoms with van der Waals surface area (Å²) in [5, 5.41) is 1.19. The molecule has 4 aromatic carbocycles. The first-order valence-corrected chi connectivity index (χ1v) is 10.8. The summed E-state index contributed by atoms with van der Waals surface area (Å²) in [5.74, 6) is -1.66. The van der Waals surface area contributed by atoms with Crippen molar-refractivity contribution in [3.8, 4) is 22.6 Å². The highest BCUT2D eigenvalue weighted by atomic mass is 19.4. The quantitative estimate of drug-likeness (QED) is 0.186. The lowest BCUT2D eigenvalue weighted by atomic mass is 9.97. The van der Waals surface area contributed by atoms with Gasteiger partial charge in [0.05, 0.1) is 0 Å². The third kappa shape index (κ3) is 5.98. The molecule has 4 aromatic rings. The summed E-state index contributed by atoms with van der Waals surface area (Å²) in [5.41, 5.74) is 2.76. The molecule has 0 saturated heterocycles. The minimum Gasteiger partial charge on any atom is -0.490 e. The molecule has 0 saturated carbocycles. The zero-order valence-electron chi connectivity index (χ0n) is 18.5. The molecule has 0 unspecified atom stereocenters. The summed E-state index contributed by atoms with van der Waals surface area (Å²) in [6.45, 7) is 4.04. The smallest absolute Gasteiger partial charge is 0.490 e. The average molecular weight is 484 g/mol. The normalized spacial score (nSPS) is 11.5. The molecular weight excluding hydrogens is 463 g/mol. The van der Waals surface area contributed by atoms with Crippen LogP contribution < -0.4 is 9.47 Å². The molecule has 4 rings (SSSR count). The second kappa shape index (κ2) is 10.2. The van der Waals surface area contributed by atoms with Crippen molar-refractivity contribution in [1.29, 1.82) is 0 Å². The lowest BCUT2D eigenvalue weighted by Gasteiger charge is -2.11. The maximum atomic E-state index is 15.2. The molecule has 0 aromatic heterocycles. The minimum atomic E-state index is -4.97. The van der Waals surface area contributed by atoms with Crippen LogP contribution in [0.3, 0.4) is 0 Å². The van der Waals surface area contributed by atoms with E-state index < -0.39 is 17.9 Å². The van der Waals surface area contributed by atoms with E-state index in [2.05, 4.69) is 11.3 Å². The van der Waals surface area contributed by atoms with Crippen LogP contribution in [0.15, 0.2) is 85.5 Å². The number of aryl methyl sites for hydroxylation is 2. The number of halogens is 5. The Morgan fingerprint density at radius 1 is 0.800 bits per heavy atom. The molecule has 0 amide bonds. The largest absolute Gasteiger partial charge is 0.573 e. The van der Waals surface area contributed by atoms with Crippen LogP contribution in [-0.2, 0) is 12.8 Å². The lowest BCUT2D eigenvalue weighted by molar-refractivity contribution is -0.275. The zero-order valence-corrected chi connectivity index (χ0v) is 18.5. The third-order valence-corrected chi connectivity index (χ3v) is 5.49. The van der Waals surface area contributed by atoms with Gasteiger partial charge in [0.1, 0.15) is 18.2 Å². The molecule has 2 nitrogen and oxygen atoms in total. The number of fused-ring (bicyclic) bond motifs is 1. The molecule has 0 heterocycles. The summed E-state index contributed by atoms with van der Waals surface area (Å²) in [7, 11) is 0. The van der Waals surface area contributed by atoms with Crippen molar-refractivity contribution >= 4 is 10.8 Å². The zero-order chi connectivity index (χ0) is 25.0. The Bertz CT molecular complexity index is 1340. The molecule has 0 atom stereocenters. The van der Waals surface area contributed by atoms with Gasteiger partial charge in [-0.15, -0.1) is 13.2 Å². The summed E-state index contributed by atoms with van der Waals surface area (Å²) in [6, 6.07) is 19.7. The molecule has 7 heteroatoms. The summed E-state index contributed by atoms with van der Waals surface area (Å²) in [6.07, 6.45) is -2.79. The van der Waals surface area contributed by atoms with Crippen LogP contribution >= 0.6 is 0 Å². The Morgan fingerprint density at radius 2 is 1.54 bits per heavy atom. The van der Waals surface area contributed by atoms with Gasteiger partial charge in [-0.2, -0.15) is 0 Å². The Hall–Kier alpha value is -3.87. The standard InChI is InChI=1S/C28H21F5O2/c1-2-15-34-23-11-8-19(9-12-23)21-10-13-24-22(17-21)7-6-20(27(24)30)5-3-18-4-14-26(25(29)16-18)35-28(31,32)33/h2,4,6-14,16-17H,1,3,5,15H2. The van der Waals surface area contributed by atoms with Gasteiger partial charge >= 0.3 is 6.36 Å². The molecule has 0 fully saturated rings. The lowest BCUT2D eigenvalue weighted by Crippen LogP contribution is -2.18. The highest BCUT2D eigenvalue weighted by Gasteiger charge is 2.32. The first-order valence-electron chi connectivity index (χ1n) is 10.8. The van der Waals surface area contributed by atoms with E-state index in [-0.39, 0.29) is 18.7 Å². The van der Waals surface area contributed by atoms with Crippen molar-refractivity contribution in [2.24, 2.45) is 0 Å². The van der Waals surface area contributed by atoms with Gasteiger partial charge in [0.2, 0.25) is 0 Å². The summed E-state index contributed by atoms with van der Waals surface area (Å²) >= 11 is 0. The second-order valence-electron chi connectivity index (χ2n) is 7.91. The highest BCUT2D eigenvalue weighted by molar-refractivity contribution is 5.88. The number of ether oxygens (including phenoxy) is 2. The third-order valence-electron chi connectivity index (χ3n) is 5.49. The maximum Gasteiger partial charge on any atom is 0.573 e. The van der Waals surface area contributed by atoms with Gasteiger partial charge < -0.3 is 9.47 Å². The number of hydrogen-bond acceptors (Lipinski definition) is 2. The van der Waals surface area contributed by atoms with Crippen molar-refractivity contribution in [3.05, 3.63) is 108 Å². The summed E-state index contributed by atoms with van der Waals surface area (Å²) in [4.78, 5) is 0. The Morgan fingerprint density at radius 3 is 2.23 bits per heavy atom. The van der Waals surface area contributed by atoms with Crippen LogP contribution in [0.4, 0.5) is 22.0 Å². The molecule has 0 aliphatic rings. The van der Waals surface area contributed by atoms with Crippen molar-refractivity contribution < 1.29 is 31.4 Å². The van der Waals surface area contributed by atoms with Crippen LogP contribution in [0.25, 0.3) is 21.9 Å². The Kier molecular flexibility index (Phi) is 7.05. The van der Waals surface area contributed by atoms with E-state index in [0.29, 0.717) is 23.1 Å². The number of benzene rings is 4. The SMILES string of the molecule is C=CCOc1ccc(-c2ccc3c(F)c(CCc4ccc(OC(F)(F)F)c(F)c4)ccc3c2)cc1. The van der Waals surface area contributed by atoms with Crippen molar-refractivity contribution in [3.63, 3.8) is 0 Å². The van der Waals surface area contributed by atoms with Crippen LogP contribution in [0.1, 0.15) is 11.1 Å². The van der Waals surface area contributed by atoms with Crippen LogP contribution in [-0.4, -0.2) is 13.0 Å². The topological polar surface area (TPSA) is 18.5 Å². The molecule has 0 N–H and O–H groups in total. The van der Waals surface area contributed by atoms with Crippen LogP contribution in [0, 0.1) is 11.6 Å². The molecule has 35 heavy (non-hydrogen) atoms. The van der Waals surface area contributed by atoms with E-state index in [0.717, 1.165) is 34.4 Å². The van der Waals surface area contributed by atoms with Gasteiger partial charge in [-0.25, -0.2) is 8.78 Å². The van der Waals surface area contributed by atoms with Crippen LogP contribution in [0.5, 0.6) is 11.5 Å². The van der Waals surface area contributed by atoms with Crippen molar-refractivity contribution in [1.82, 2.24) is 0 Å². The van der Waals surface area contributed by atoms with Gasteiger partial charge in [-0.3, -0.25) is 0 Å². The fourth-order valence-corrected chi connectivity index (χ4v) is 3.79. The Labute approximate surface area is 199 Å². The number of alkyl halides is 3. The average Bonchev–Trinajstić information content (AvgIpc) is 2.83. The van der Waals surface area contributed by atoms with Gasteiger partial charge in [0.25, 0.3) is 0 Å². The molecule has 0 aliphatic carbocycles. The predicted molar refractivity (Wildman–Crippen MR) is 126 cm³/mol. The molecule has 180 valence electrons. The van der Waals surface area contributed by atoms with Gasteiger partial charge in [-0.1, -0.05) is 55.1 Å². The van der Waals surface area contributed by atoms with E-state index in [1.807, 2.05) is 42.5 Å². The summed E-state index contributed by atoms with van der Waals surface area (Å²) < 4.78 is 75.1. The molecule has 0 radical (unpaired) electrons. The van der Waals surface area contributed by atoms with Crippen LogP contribution in [0.2, 0.25) is 0 Å². The first kappa shape index (κ1) is 24.3. The molecule has 0 aliphatic heterocycles. The highest BCUT2D eigenvalue weighted by Crippen LogP contribution is 2.30. The fraction of sp³-hybridized carbons (Fsp3) is 0.143. The first-order chi connectivity index (χ1) is 16.7. The monoisotopic (exact) mass is 484 g/mol. The van der Waals surface area contributed by atoms with E-state index in [1.165, 1.54) is 6.07 Å². The Balaban J connectivity index is 1.49. The minimum absolute atomic E-state index is 0.254. The fourth-order valence-electron chi connectivity index (χ4n) is 3.79. The second-order valence-corrected chi connectivity index (χ2v) is 7.91. The molecule has 0 bridgehead atoms.